The second-order valence-electron chi connectivity index (χ2n) is 29.8. The van der Waals surface area contributed by atoms with Gasteiger partial charge in [0.25, 0.3) is 35.4 Å². The minimum Gasteiger partial charge on any atom is -0.391 e. The highest BCUT2D eigenvalue weighted by Crippen LogP contribution is 2.39. The topological polar surface area (TPSA) is 336 Å². The number of carbonyl (C=O) groups is 6. The molecule has 102 heavy (non-hydrogen) atoms. The molecule has 556 valence electrons. The summed E-state index contributed by atoms with van der Waals surface area (Å²) in [6, 6.07) is 5.43. The SMILES string of the molecule is CC[C@@H](C)Nc1cc(C)c(-c2sc(C(=O)NC3CCS(=O)(=O)CC3)nc2C(=O)N2CCC[C@@H]2C)cn1.Cc1cc(NC(C)(C)C)ncc1-c1sc(C(=O)N[C@@H](C)[C@@H](C)O)nc1C(=O)N1CCC[C@@H]1C.Cc1cc(NC(C)(C)C)ncc1-c1sc(C(=O)N[C@H](C)[C@@H](C)O)nc1C(=O)N1CCC[C@@H]1C. The third-order valence-electron chi connectivity index (χ3n) is 18.6. The highest BCUT2D eigenvalue weighted by Gasteiger charge is 2.37. The Hall–Kier alpha value is -7.57. The number of rotatable bonds is 19. The number of anilines is 3. The van der Waals surface area contributed by atoms with Crippen molar-refractivity contribution in [3.63, 3.8) is 0 Å². The van der Waals surface area contributed by atoms with Gasteiger partial charge in [0.15, 0.2) is 15.0 Å². The van der Waals surface area contributed by atoms with Crippen LogP contribution in [0.4, 0.5) is 17.5 Å². The van der Waals surface area contributed by atoms with Crippen molar-refractivity contribution >= 4 is 96.7 Å². The lowest BCUT2D eigenvalue weighted by molar-refractivity contribution is 0.0734. The molecule has 8 atom stereocenters. The van der Waals surface area contributed by atoms with E-state index < -0.39 is 45.9 Å². The molecule has 6 aromatic heterocycles. The molecule has 8 N–H and O–H groups in total. The van der Waals surface area contributed by atoms with Crippen molar-refractivity contribution in [3.8, 4) is 31.3 Å². The molecule has 0 spiro atoms. The molecule has 0 radical (unpaired) electrons. The van der Waals surface area contributed by atoms with Crippen LogP contribution in [-0.4, -0.2) is 195 Å². The number of aliphatic hydroxyl groups is 2. The summed E-state index contributed by atoms with van der Waals surface area (Å²) in [6.45, 7) is 37.3. The Labute approximate surface area is 613 Å². The van der Waals surface area contributed by atoms with E-state index in [2.05, 4.69) is 117 Å². The van der Waals surface area contributed by atoms with Crippen LogP contribution >= 0.6 is 34.0 Å². The van der Waals surface area contributed by atoms with Crippen LogP contribution in [0.3, 0.4) is 0 Å². The molecule has 10 heterocycles. The quantitative estimate of drug-likeness (QED) is 0.0373. The monoisotopic (exact) mass is 1480 g/mol. The predicted octanol–water partition coefficient (Wildman–Crippen LogP) is 11.4. The van der Waals surface area contributed by atoms with Crippen molar-refractivity contribution in [1.82, 2.24) is 60.6 Å². The van der Waals surface area contributed by atoms with Gasteiger partial charge in [0.1, 0.15) is 44.4 Å². The van der Waals surface area contributed by atoms with Gasteiger partial charge in [-0.1, -0.05) is 6.92 Å². The molecule has 4 aliphatic rings. The van der Waals surface area contributed by atoms with Crippen LogP contribution in [0.15, 0.2) is 36.8 Å². The standard InChI is InChI=1S/C25H35N5O4S2.2C24H35N5O3S/c1-5-16(3)27-20-13-15(2)19(14-26-20)22-21(25(32)30-10-6-7-17(30)4)29-24(35-22)23(31)28-18-8-11-36(33,34)12-9-18;2*1-13-11-18(28-24(5,6)7)25-12-17(13)20-19(23(32)29-10-8-9-14(29)2)27-22(33-20)21(31)26-15(3)16(4)30/h13-14,16-18H,5-12H2,1-4H3,(H,26,27)(H,28,31);2*11-12,14-16,30H,8-10H2,1-7H3,(H,25,28)(H,26,31)/t16-,17+;14-,15+,16+;14-,15-,16+/m100/s1. The highest BCUT2D eigenvalue weighted by atomic mass is 32.2. The number of aromatic nitrogens is 6. The maximum Gasteiger partial charge on any atom is 0.280 e. The lowest BCUT2D eigenvalue weighted by Crippen LogP contribution is -2.40. The third kappa shape index (κ3) is 20.7. The van der Waals surface area contributed by atoms with Crippen molar-refractivity contribution in [3.05, 3.63) is 85.6 Å². The van der Waals surface area contributed by atoms with E-state index in [1.54, 1.807) is 46.3 Å². The third-order valence-corrected chi connectivity index (χ3v) is 23.6. The minimum absolute atomic E-state index is 0.0690. The summed E-state index contributed by atoms with van der Waals surface area (Å²) in [4.78, 5) is 114. The average Bonchev–Trinajstić information content (AvgIpc) is 1.63. The Balaban J connectivity index is 0.000000194. The average molecular weight is 1480 g/mol. The molecule has 0 bridgehead atoms. The van der Waals surface area contributed by atoms with E-state index in [0.717, 1.165) is 95.8 Å². The summed E-state index contributed by atoms with van der Waals surface area (Å²) in [5.41, 5.74) is 5.73. The van der Waals surface area contributed by atoms with Crippen LogP contribution in [-0.2, 0) is 9.84 Å². The second kappa shape index (κ2) is 33.9. The van der Waals surface area contributed by atoms with Gasteiger partial charge in [-0.2, -0.15) is 0 Å². The number of hydrogen-bond donors (Lipinski definition) is 8. The van der Waals surface area contributed by atoms with E-state index in [-0.39, 0.29) is 109 Å². The number of nitrogens with zero attached hydrogens (tertiary/aromatic N) is 9. The Bertz CT molecular complexity index is 3940. The molecule has 0 aliphatic carbocycles. The van der Waals surface area contributed by atoms with Gasteiger partial charge in [-0.3, -0.25) is 28.8 Å². The number of pyridine rings is 3. The Morgan fingerprint density at radius 2 is 0.853 bits per heavy atom. The number of likely N-dealkylation sites (tertiary alicyclic amines) is 3. The van der Waals surface area contributed by atoms with Crippen molar-refractivity contribution in [2.75, 3.05) is 47.1 Å². The largest absolute Gasteiger partial charge is 0.391 e. The van der Waals surface area contributed by atoms with Crippen LogP contribution in [0, 0.1) is 20.8 Å². The van der Waals surface area contributed by atoms with Crippen molar-refractivity contribution in [2.45, 2.75) is 248 Å². The molecule has 4 fully saturated rings. The molecular weight excluding hydrogens is 1380 g/mol. The van der Waals surface area contributed by atoms with Gasteiger partial charge in [-0.05, 0) is 210 Å². The molecule has 0 aromatic carbocycles. The second-order valence-corrected chi connectivity index (χ2v) is 35.1. The normalized spacial score (nSPS) is 19.1. The molecule has 25 nitrogen and oxygen atoms in total. The maximum atomic E-state index is 13.6. The van der Waals surface area contributed by atoms with Gasteiger partial charge in [0.05, 0.1) is 50.4 Å². The number of carbonyl (C=O) groups excluding carboxylic acids is 6. The summed E-state index contributed by atoms with van der Waals surface area (Å²) in [6.07, 6.45) is 11.3. The lowest BCUT2D eigenvalue weighted by Gasteiger charge is -2.22. The van der Waals surface area contributed by atoms with E-state index in [0.29, 0.717) is 47.1 Å². The Kier molecular flexibility index (Phi) is 26.6. The van der Waals surface area contributed by atoms with E-state index in [1.807, 2.05) is 74.4 Å². The van der Waals surface area contributed by atoms with E-state index in [9.17, 15) is 47.4 Å². The van der Waals surface area contributed by atoms with Gasteiger partial charge >= 0.3 is 0 Å². The molecule has 4 aliphatic heterocycles. The van der Waals surface area contributed by atoms with E-state index in [4.69, 9.17) is 0 Å². The minimum atomic E-state index is -3.03. The number of thiazole rings is 3. The fraction of sp³-hybridized carbons (Fsp3) is 0.589. The summed E-state index contributed by atoms with van der Waals surface area (Å²) < 4.78 is 23.5. The first kappa shape index (κ1) is 80.1. The van der Waals surface area contributed by atoms with Gasteiger partial charge in [-0.25, -0.2) is 38.3 Å². The Morgan fingerprint density at radius 3 is 1.15 bits per heavy atom. The first-order chi connectivity index (χ1) is 47.8. The van der Waals surface area contributed by atoms with Crippen LogP contribution < -0.4 is 31.9 Å². The van der Waals surface area contributed by atoms with Crippen molar-refractivity contribution in [2.24, 2.45) is 0 Å². The highest BCUT2D eigenvalue weighted by molar-refractivity contribution is 7.91. The van der Waals surface area contributed by atoms with Crippen LogP contribution in [0.5, 0.6) is 0 Å². The summed E-state index contributed by atoms with van der Waals surface area (Å²) in [5.74, 6) is 0.724. The van der Waals surface area contributed by atoms with E-state index >= 15 is 0 Å². The molecule has 10 rings (SSSR count). The smallest absolute Gasteiger partial charge is 0.280 e. The maximum absolute atomic E-state index is 13.6. The zero-order valence-corrected chi connectivity index (χ0v) is 65.6. The van der Waals surface area contributed by atoms with Crippen LogP contribution in [0.2, 0.25) is 0 Å². The first-order valence-corrected chi connectivity index (χ1v) is 39.8. The number of amides is 6. The van der Waals surface area contributed by atoms with Crippen LogP contribution in [0.1, 0.15) is 239 Å². The Morgan fingerprint density at radius 1 is 0.529 bits per heavy atom. The van der Waals surface area contributed by atoms with Crippen LogP contribution in [0.25, 0.3) is 31.3 Å². The predicted molar refractivity (Wildman–Crippen MR) is 406 cm³/mol. The number of aryl methyl sites for hydroxylation is 3. The van der Waals surface area contributed by atoms with Crippen molar-refractivity contribution < 1.29 is 47.4 Å². The number of nitrogens with one attached hydrogen (secondary N) is 6. The molecule has 4 saturated heterocycles. The van der Waals surface area contributed by atoms with Gasteiger partial charge in [0.2, 0.25) is 0 Å². The molecule has 0 unspecified atom stereocenters. The first-order valence-electron chi connectivity index (χ1n) is 35.5. The molecule has 29 heteroatoms. The number of sulfone groups is 1. The van der Waals surface area contributed by atoms with Gasteiger partial charge in [-0.15, -0.1) is 34.0 Å². The summed E-state index contributed by atoms with van der Waals surface area (Å²) >= 11 is 3.55. The molecule has 0 saturated carbocycles. The van der Waals surface area contributed by atoms with Gasteiger partial charge in [0, 0.05) is 96.2 Å². The fourth-order valence-corrected chi connectivity index (χ4v) is 16.7. The number of hydrogen-bond acceptors (Lipinski definition) is 22. The molecule has 6 amide bonds. The lowest BCUT2D eigenvalue weighted by atomic mass is 10.1. The fourth-order valence-electron chi connectivity index (χ4n) is 12.1. The zero-order valence-electron chi connectivity index (χ0n) is 62.4. The molecule has 6 aromatic rings. The zero-order chi connectivity index (χ0) is 75.0. The number of aliphatic hydroxyl groups excluding tert-OH is 2. The summed E-state index contributed by atoms with van der Waals surface area (Å²) in [5, 5.41) is 38.6. The van der Waals surface area contributed by atoms with Gasteiger partial charge < -0.3 is 56.8 Å². The summed E-state index contributed by atoms with van der Waals surface area (Å²) in [7, 11) is -3.03. The van der Waals surface area contributed by atoms with E-state index in [1.165, 1.54) is 34.0 Å². The van der Waals surface area contributed by atoms with Crippen molar-refractivity contribution in [1.29, 1.82) is 0 Å². The molecular formula is C73H105N15O10S4.